The summed E-state index contributed by atoms with van der Waals surface area (Å²) in [6.07, 6.45) is 3.18. The Morgan fingerprint density at radius 2 is 2.18 bits per heavy atom. The number of aromatic nitrogens is 3. The van der Waals surface area contributed by atoms with Crippen molar-refractivity contribution in [3.8, 4) is 0 Å². The molecule has 0 amide bonds. The summed E-state index contributed by atoms with van der Waals surface area (Å²) < 4.78 is 1.75. The van der Waals surface area contributed by atoms with Crippen LogP contribution in [0.15, 0.2) is 16.9 Å². The minimum absolute atomic E-state index is 0.0381. The molecule has 1 aliphatic heterocycles. The van der Waals surface area contributed by atoms with Gasteiger partial charge in [-0.1, -0.05) is 6.08 Å². The highest BCUT2D eigenvalue weighted by molar-refractivity contribution is 8.08. The minimum Gasteiger partial charge on any atom is -0.354 e. The summed E-state index contributed by atoms with van der Waals surface area (Å²) in [6.45, 7) is 7.30. The smallest absolute Gasteiger partial charge is 0.260 e. The van der Waals surface area contributed by atoms with Gasteiger partial charge in [-0.15, -0.1) is 11.8 Å². The molecule has 3 heterocycles. The fourth-order valence-corrected chi connectivity index (χ4v) is 3.69. The molecule has 2 aromatic heterocycles. The number of aryl methyl sites for hydroxylation is 2. The van der Waals surface area contributed by atoms with Crippen molar-refractivity contribution in [3.05, 3.63) is 33.8 Å². The van der Waals surface area contributed by atoms with Gasteiger partial charge < -0.3 is 5.32 Å². The van der Waals surface area contributed by atoms with Gasteiger partial charge in [-0.2, -0.15) is 4.98 Å². The van der Waals surface area contributed by atoms with Crippen molar-refractivity contribution < 1.29 is 0 Å². The van der Waals surface area contributed by atoms with Gasteiger partial charge >= 0.3 is 0 Å². The lowest BCUT2D eigenvalue weighted by molar-refractivity contribution is 0.746. The lowest BCUT2D eigenvalue weighted by Crippen LogP contribution is -2.24. The molecule has 0 unspecified atom stereocenters. The van der Waals surface area contributed by atoms with Crippen LogP contribution in [0.1, 0.15) is 31.5 Å². The SMILES string of the molecule is CCNc1nc(C)c2cc(C3=CCCS3)c(=O)n(CC)c2n1. The maximum atomic E-state index is 12.8. The number of anilines is 1. The number of fused-ring (bicyclic) bond motifs is 1. The summed E-state index contributed by atoms with van der Waals surface area (Å²) in [5, 5.41) is 4.08. The molecule has 22 heavy (non-hydrogen) atoms. The second kappa shape index (κ2) is 6.12. The van der Waals surface area contributed by atoms with Gasteiger partial charge in [0, 0.05) is 29.1 Å². The van der Waals surface area contributed by atoms with Gasteiger partial charge in [-0.3, -0.25) is 9.36 Å². The highest BCUT2D eigenvalue weighted by atomic mass is 32.2. The molecular formula is C16H20N4OS. The summed E-state index contributed by atoms with van der Waals surface area (Å²) in [7, 11) is 0. The van der Waals surface area contributed by atoms with E-state index in [1.165, 1.54) is 0 Å². The zero-order chi connectivity index (χ0) is 15.7. The van der Waals surface area contributed by atoms with Crippen molar-refractivity contribution in [1.82, 2.24) is 14.5 Å². The van der Waals surface area contributed by atoms with Gasteiger partial charge in [-0.25, -0.2) is 4.98 Å². The second-order valence-corrected chi connectivity index (χ2v) is 6.35. The maximum absolute atomic E-state index is 12.8. The van der Waals surface area contributed by atoms with Gasteiger partial charge in [0.1, 0.15) is 5.65 Å². The number of nitrogens with one attached hydrogen (secondary N) is 1. The van der Waals surface area contributed by atoms with Crippen molar-refractivity contribution in [2.24, 2.45) is 0 Å². The predicted molar refractivity (Wildman–Crippen MR) is 93.4 cm³/mol. The summed E-state index contributed by atoms with van der Waals surface area (Å²) in [5.41, 5.74) is 2.42. The van der Waals surface area contributed by atoms with Crippen molar-refractivity contribution >= 4 is 33.6 Å². The first kappa shape index (κ1) is 15.1. The fourth-order valence-electron chi connectivity index (χ4n) is 2.70. The molecule has 0 saturated carbocycles. The lowest BCUT2D eigenvalue weighted by atomic mass is 10.1. The Labute approximate surface area is 133 Å². The van der Waals surface area contributed by atoms with Gasteiger partial charge in [-0.05, 0) is 33.3 Å². The number of nitrogens with zero attached hydrogens (tertiary/aromatic N) is 3. The van der Waals surface area contributed by atoms with Crippen LogP contribution in [0, 0.1) is 6.92 Å². The number of thioether (sulfide) groups is 1. The van der Waals surface area contributed by atoms with E-state index in [1.54, 1.807) is 16.3 Å². The van der Waals surface area contributed by atoms with Crippen molar-refractivity contribution in [2.45, 2.75) is 33.7 Å². The van der Waals surface area contributed by atoms with E-state index in [2.05, 4.69) is 21.4 Å². The van der Waals surface area contributed by atoms with E-state index in [-0.39, 0.29) is 5.56 Å². The first-order valence-corrected chi connectivity index (χ1v) is 8.63. The van der Waals surface area contributed by atoms with Gasteiger partial charge in [0.05, 0.1) is 11.3 Å². The lowest BCUT2D eigenvalue weighted by Gasteiger charge is -2.13. The van der Waals surface area contributed by atoms with Crippen molar-refractivity contribution in [1.29, 1.82) is 0 Å². The third-order valence-electron chi connectivity index (χ3n) is 3.76. The summed E-state index contributed by atoms with van der Waals surface area (Å²) >= 11 is 1.75. The Kier molecular flexibility index (Phi) is 4.20. The first-order valence-electron chi connectivity index (χ1n) is 7.65. The molecule has 0 aliphatic carbocycles. The molecule has 0 aromatic carbocycles. The zero-order valence-electron chi connectivity index (χ0n) is 13.1. The van der Waals surface area contributed by atoms with Gasteiger partial charge in [0.25, 0.3) is 5.56 Å². The highest BCUT2D eigenvalue weighted by Crippen LogP contribution is 2.33. The average Bonchev–Trinajstić information content (AvgIpc) is 3.01. The molecule has 5 nitrogen and oxygen atoms in total. The maximum Gasteiger partial charge on any atom is 0.260 e. The average molecular weight is 316 g/mol. The molecule has 0 saturated heterocycles. The second-order valence-electron chi connectivity index (χ2n) is 5.21. The molecule has 0 radical (unpaired) electrons. The van der Waals surface area contributed by atoms with E-state index < -0.39 is 0 Å². The predicted octanol–water partition coefficient (Wildman–Crippen LogP) is 3.03. The van der Waals surface area contributed by atoms with E-state index in [4.69, 9.17) is 0 Å². The number of hydrogen-bond donors (Lipinski definition) is 1. The topological polar surface area (TPSA) is 59.8 Å². The zero-order valence-corrected chi connectivity index (χ0v) is 14.0. The van der Waals surface area contributed by atoms with Gasteiger partial charge in [0.2, 0.25) is 5.95 Å². The Balaban J connectivity index is 2.30. The van der Waals surface area contributed by atoms with E-state index >= 15 is 0 Å². The number of hydrogen-bond acceptors (Lipinski definition) is 5. The number of rotatable bonds is 4. The number of allylic oxidation sites excluding steroid dienone is 1. The molecule has 0 spiro atoms. The van der Waals surface area contributed by atoms with Crippen LogP contribution < -0.4 is 10.9 Å². The van der Waals surface area contributed by atoms with Crippen LogP contribution in [-0.2, 0) is 6.54 Å². The molecule has 0 fully saturated rings. The van der Waals surface area contributed by atoms with Crippen LogP contribution in [-0.4, -0.2) is 26.8 Å². The van der Waals surface area contributed by atoms with E-state index in [0.717, 1.165) is 40.3 Å². The summed E-state index contributed by atoms with van der Waals surface area (Å²) in [4.78, 5) is 22.9. The van der Waals surface area contributed by atoms with Crippen LogP contribution in [0.25, 0.3) is 15.9 Å². The fraction of sp³-hybridized carbons (Fsp3) is 0.438. The highest BCUT2D eigenvalue weighted by Gasteiger charge is 2.17. The van der Waals surface area contributed by atoms with E-state index in [1.807, 2.05) is 26.8 Å². The third-order valence-corrected chi connectivity index (χ3v) is 4.90. The van der Waals surface area contributed by atoms with E-state index in [0.29, 0.717) is 18.1 Å². The van der Waals surface area contributed by atoms with Crippen LogP contribution >= 0.6 is 11.8 Å². The quantitative estimate of drug-likeness (QED) is 0.939. The molecule has 1 N–H and O–H groups in total. The van der Waals surface area contributed by atoms with Crippen molar-refractivity contribution in [2.75, 3.05) is 17.6 Å². The molecule has 0 bridgehead atoms. The monoisotopic (exact) mass is 316 g/mol. The van der Waals surface area contributed by atoms with E-state index in [9.17, 15) is 4.79 Å². The van der Waals surface area contributed by atoms with Crippen LogP contribution in [0.5, 0.6) is 0 Å². The minimum atomic E-state index is 0.0381. The Morgan fingerprint density at radius 3 is 2.82 bits per heavy atom. The molecule has 3 rings (SSSR count). The Bertz CT molecular complexity index is 810. The largest absolute Gasteiger partial charge is 0.354 e. The Morgan fingerprint density at radius 1 is 1.36 bits per heavy atom. The van der Waals surface area contributed by atoms with Gasteiger partial charge in [0.15, 0.2) is 0 Å². The molecule has 6 heteroatoms. The van der Waals surface area contributed by atoms with Crippen LogP contribution in [0.4, 0.5) is 5.95 Å². The Hall–Kier alpha value is -1.82. The number of pyridine rings is 1. The molecule has 2 aromatic rings. The van der Waals surface area contributed by atoms with Crippen molar-refractivity contribution in [3.63, 3.8) is 0 Å². The normalized spacial score (nSPS) is 14.4. The molecule has 116 valence electrons. The third kappa shape index (κ3) is 2.52. The summed E-state index contributed by atoms with van der Waals surface area (Å²) in [6, 6.07) is 1.96. The summed E-state index contributed by atoms with van der Waals surface area (Å²) in [5.74, 6) is 1.63. The standard InChI is InChI=1S/C16H20N4OS/c1-4-17-16-18-10(3)11-9-12(13-7-6-8-22-13)15(21)20(5-2)14(11)19-16/h7,9H,4-6,8H2,1-3H3,(H,17,18,19). The first-order chi connectivity index (χ1) is 10.7. The molecule has 0 atom stereocenters. The molecule has 1 aliphatic rings. The molecular weight excluding hydrogens is 296 g/mol. The van der Waals surface area contributed by atoms with Crippen LogP contribution in [0.2, 0.25) is 0 Å². The van der Waals surface area contributed by atoms with Crippen LogP contribution in [0.3, 0.4) is 0 Å².